The number of carbonyl (C=O) groups excluding carboxylic acids is 1. The highest BCUT2D eigenvalue weighted by Crippen LogP contribution is 2.35. The zero-order valence-electron chi connectivity index (χ0n) is 16.7. The van der Waals surface area contributed by atoms with E-state index in [-0.39, 0.29) is 11.8 Å². The van der Waals surface area contributed by atoms with Gasteiger partial charge in [0.2, 0.25) is 5.95 Å². The molecule has 0 amide bonds. The largest absolute Gasteiger partial charge is 0.490 e. The molecule has 5 rings (SSSR count). The number of aromatic nitrogens is 5. The van der Waals surface area contributed by atoms with Gasteiger partial charge in [0.1, 0.15) is 6.33 Å². The van der Waals surface area contributed by atoms with Crippen molar-refractivity contribution < 1.29 is 27.1 Å². The number of ether oxygens (including phenoxy) is 1. The molecule has 3 N–H and O–H groups in total. The van der Waals surface area contributed by atoms with E-state index in [4.69, 9.17) is 0 Å². The van der Waals surface area contributed by atoms with Crippen molar-refractivity contribution in [3.8, 4) is 5.82 Å². The van der Waals surface area contributed by atoms with Crippen molar-refractivity contribution in [3.05, 3.63) is 60.2 Å². The molecule has 1 aliphatic heterocycles. The number of halogens is 4. The van der Waals surface area contributed by atoms with Gasteiger partial charge in [0.15, 0.2) is 17.9 Å². The molecule has 0 saturated carbocycles. The van der Waals surface area contributed by atoms with Crippen LogP contribution in [-0.4, -0.2) is 43.2 Å². The fraction of sp³-hybridized carbons (Fsp3) is 0.200. The maximum atomic E-state index is 14.1. The van der Waals surface area contributed by atoms with Crippen molar-refractivity contribution in [2.45, 2.75) is 18.8 Å². The van der Waals surface area contributed by atoms with Crippen LogP contribution in [0.2, 0.25) is 0 Å². The number of anilines is 2. The van der Waals surface area contributed by atoms with Crippen LogP contribution in [-0.2, 0) is 16.0 Å². The third-order valence-electron chi connectivity index (χ3n) is 5.07. The maximum absolute atomic E-state index is 14.1. The second-order valence-corrected chi connectivity index (χ2v) is 7.22. The molecule has 1 unspecified atom stereocenters. The van der Waals surface area contributed by atoms with Crippen molar-refractivity contribution in [2.75, 3.05) is 11.9 Å². The highest BCUT2D eigenvalue weighted by molar-refractivity contribution is 5.89. The number of alkyl halides is 3. The second-order valence-electron chi connectivity index (χ2n) is 7.22. The van der Waals surface area contributed by atoms with E-state index in [0.29, 0.717) is 40.8 Å². The first kappa shape index (κ1) is 20.9. The standard InChI is InChI=1S/C20H15F4N7O2/c21-12-8-27-19(30-16(12)31-6-5-25-9-31)28-10-1-2-13-11(7-10)15-14(29-13)3-4-26-17(15)33-18(32)20(22,23)24/h1-2,5-9,17,26,29H,3-4H2,(H,27,28,30). The Bertz CT molecular complexity index is 1330. The zero-order chi connectivity index (χ0) is 23.2. The number of hydrogen-bond acceptors (Lipinski definition) is 7. The van der Waals surface area contributed by atoms with Crippen molar-refractivity contribution in [2.24, 2.45) is 0 Å². The lowest BCUT2D eigenvalue weighted by molar-refractivity contribution is -0.207. The van der Waals surface area contributed by atoms with Gasteiger partial charge in [-0.2, -0.15) is 18.2 Å². The molecule has 0 spiro atoms. The molecule has 4 heterocycles. The highest BCUT2D eigenvalue weighted by Gasteiger charge is 2.43. The lowest BCUT2D eigenvalue weighted by Gasteiger charge is -2.25. The summed E-state index contributed by atoms with van der Waals surface area (Å²) < 4.78 is 58.4. The van der Waals surface area contributed by atoms with Crippen molar-refractivity contribution in [3.63, 3.8) is 0 Å². The van der Waals surface area contributed by atoms with Gasteiger partial charge in [-0.15, -0.1) is 0 Å². The van der Waals surface area contributed by atoms with Crippen molar-refractivity contribution in [1.29, 1.82) is 0 Å². The normalized spacial score (nSPS) is 15.9. The van der Waals surface area contributed by atoms with E-state index in [1.165, 1.54) is 23.3 Å². The Kier molecular flexibility index (Phi) is 4.96. The maximum Gasteiger partial charge on any atom is 0.490 e. The van der Waals surface area contributed by atoms with E-state index < -0.39 is 24.2 Å². The average molecular weight is 461 g/mol. The minimum Gasteiger partial charge on any atom is -0.435 e. The van der Waals surface area contributed by atoms with Crippen LogP contribution >= 0.6 is 0 Å². The SMILES string of the molecule is O=C(OC1NCCc2[nH]c3ccc(Nc4ncc(F)c(-n5ccnc5)n4)cc3c21)C(F)(F)F. The minimum atomic E-state index is -5.11. The number of carbonyl (C=O) groups is 1. The monoisotopic (exact) mass is 461 g/mol. The van der Waals surface area contributed by atoms with Crippen LogP contribution in [0.3, 0.4) is 0 Å². The van der Waals surface area contributed by atoms with Crippen molar-refractivity contribution in [1.82, 2.24) is 29.8 Å². The first-order valence-electron chi connectivity index (χ1n) is 9.73. The molecule has 3 aromatic heterocycles. The molecule has 9 nitrogen and oxygen atoms in total. The number of H-pyrrole nitrogens is 1. The summed E-state index contributed by atoms with van der Waals surface area (Å²) in [6.07, 6.45) is -0.439. The van der Waals surface area contributed by atoms with Gasteiger partial charge in [-0.3, -0.25) is 9.88 Å². The zero-order valence-corrected chi connectivity index (χ0v) is 16.7. The van der Waals surface area contributed by atoms with Crippen LogP contribution in [0.1, 0.15) is 17.5 Å². The summed E-state index contributed by atoms with van der Waals surface area (Å²) in [4.78, 5) is 26.5. The number of fused-ring (bicyclic) bond motifs is 3. The van der Waals surface area contributed by atoms with Gasteiger partial charge < -0.3 is 15.0 Å². The number of imidazole rings is 1. The molecule has 0 saturated heterocycles. The van der Waals surface area contributed by atoms with E-state index in [1.54, 1.807) is 18.2 Å². The number of nitrogens with one attached hydrogen (secondary N) is 3. The molecule has 0 bridgehead atoms. The number of aromatic amines is 1. The highest BCUT2D eigenvalue weighted by atomic mass is 19.4. The topological polar surface area (TPSA) is 110 Å². The van der Waals surface area contributed by atoms with Crippen LogP contribution in [0.15, 0.2) is 43.1 Å². The van der Waals surface area contributed by atoms with Crippen LogP contribution in [0.5, 0.6) is 0 Å². The van der Waals surface area contributed by atoms with Gasteiger partial charge in [0, 0.05) is 53.2 Å². The molecule has 1 atom stereocenters. The van der Waals surface area contributed by atoms with Crippen molar-refractivity contribution >= 4 is 28.5 Å². The first-order chi connectivity index (χ1) is 15.8. The van der Waals surface area contributed by atoms with Gasteiger partial charge in [-0.05, 0) is 18.2 Å². The van der Waals surface area contributed by atoms with Gasteiger partial charge in [0.05, 0.1) is 6.20 Å². The molecule has 13 heteroatoms. The van der Waals surface area contributed by atoms with Gasteiger partial charge >= 0.3 is 12.1 Å². The molecule has 33 heavy (non-hydrogen) atoms. The smallest absolute Gasteiger partial charge is 0.435 e. The Morgan fingerprint density at radius 3 is 2.91 bits per heavy atom. The Hall–Kier alpha value is -4.00. The fourth-order valence-electron chi connectivity index (χ4n) is 3.66. The molecule has 1 aliphatic rings. The number of rotatable bonds is 4. The third kappa shape index (κ3) is 3.98. The fourth-order valence-corrected chi connectivity index (χ4v) is 3.66. The van der Waals surface area contributed by atoms with E-state index in [9.17, 15) is 22.4 Å². The molecule has 0 aliphatic carbocycles. The Labute approximate surface area is 182 Å². The summed E-state index contributed by atoms with van der Waals surface area (Å²) in [5.74, 6) is -2.83. The Morgan fingerprint density at radius 1 is 1.30 bits per heavy atom. The molecule has 0 fully saturated rings. The lowest BCUT2D eigenvalue weighted by Crippen LogP contribution is -2.36. The first-order valence-corrected chi connectivity index (χ1v) is 9.73. The molecule has 0 radical (unpaired) electrons. The second kappa shape index (κ2) is 7.85. The summed E-state index contributed by atoms with van der Waals surface area (Å²) >= 11 is 0. The summed E-state index contributed by atoms with van der Waals surface area (Å²) in [7, 11) is 0. The van der Waals surface area contributed by atoms with Crippen LogP contribution in [0.4, 0.5) is 29.2 Å². The van der Waals surface area contributed by atoms with E-state index in [2.05, 4.69) is 35.3 Å². The Morgan fingerprint density at radius 2 is 2.15 bits per heavy atom. The summed E-state index contributed by atoms with van der Waals surface area (Å²) in [6, 6.07) is 5.09. The average Bonchev–Trinajstić information content (AvgIpc) is 3.42. The molecule has 170 valence electrons. The predicted molar refractivity (Wildman–Crippen MR) is 107 cm³/mol. The molecular weight excluding hydrogens is 446 g/mol. The predicted octanol–water partition coefficient (Wildman–Crippen LogP) is 3.28. The van der Waals surface area contributed by atoms with Crippen LogP contribution in [0.25, 0.3) is 16.7 Å². The minimum absolute atomic E-state index is 0.00608. The summed E-state index contributed by atoms with van der Waals surface area (Å²) in [5, 5.41) is 6.31. The van der Waals surface area contributed by atoms with E-state index >= 15 is 0 Å². The number of esters is 1. The summed E-state index contributed by atoms with van der Waals surface area (Å²) in [5.41, 5.74) is 2.23. The third-order valence-corrected chi connectivity index (χ3v) is 5.07. The Balaban J connectivity index is 1.48. The lowest BCUT2D eigenvalue weighted by atomic mass is 10.0. The number of nitrogens with zero attached hydrogens (tertiary/aromatic N) is 4. The summed E-state index contributed by atoms with van der Waals surface area (Å²) in [6.45, 7) is 0.335. The van der Waals surface area contributed by atoms with Gasteiger partial charge in [-0.25, -0.2) is 19.2 Å². The van der Waals surface area contributed by atoms with Crippen LogP contribution < -0.4 is 10.6 Å². The molecule has 4 aromatic rings. The number of benzene rings is 1. The molecular formula is C20H15F4N7O2. The van der Waals surface area contributed by atoms with E-state index in [1.807, 2.05) is 0 Å². The number of hydrogen-bond donors (Lipinski definition) is 3. The van der Waals surface area contributed by atoms with Crippen LogP contribution in [0, 0.1) is 5.82 Å². The quantitative estimate of drug-likeness (QED) is 0.316. The van der Waals surface area contributed by atoms with E-state index in [0.717, 1.165) is 6.20 Å². The van der Waals surface area contributed by atoms with Gasteiger partial charge in [-0.1, -0.05) is 0 Å². The molecule has 1 aromatic carbocycles. The van der Waals surface area contributed by atoms with Gasteiger partial charge in [0.25, 0.3) is 0 Å².